The van der Waals surface area contributed by atoms with Crippen molar-refractivity contribution in [3.63, 3.8) is 0 Å². The molecule has 0 bridgehead atoms. The first-order valence-electron chi connectivity index (χ1n) is 5.86. The van der Waals surface area contributed by atoms with Crippen molar-refractivity contribution in [1.29, 1.82) is 0 Å². The summed E-state index contributed by atoms with van der Waals surface area (Å²) in [6, 6.07) is 6.65. The first kappa shape index (κ1) is 14.5. The molecule has 0 spiro atoms. The van der Waals surface area contributed by atoms with Gasteiger partial charge in [0.1, 0.15) is 5.75 Å². The fraction of sp³-hybridized carbons (Fsp3) is 0.143. The molecule has 0 aliphatic heterocycles. The Hall–Kier alpha value is -1.89. The highest BCUT2D eigenvalue weighted by Gasteiger charge is 2.38. The van der Waals surface area contributed by atoms with Crippen LogP contribution in [0.3, 0.4) is 0 Å². The molecule has 0 amide bonds. The van der Waals surface area contributed by atoms with E-state index in [9.17, 15) is 18.6 Å². The van der Waals surface area contributed by atoms with E-state index < -0.39 is 15.1 Å². The summed E-state index contributed by atoms with van der Waals surface area (Å²) in [6.07, 6.45) is 7.21. The molecule has 0 radical (unpaired) electrons. The zero-order valence-electron chi connectivity index (χ0n) is 10.5. The van der Waals surface area contributed by atoms with Crippen LogP contribution in [0.5, 0.6) is 5.75 Å². The average molecular weight is 294 g/mol. The SMILES string of the molecule is O=S(=O)(O)C1(O)C=CC(C=Cc2cccc(O)c2)=CC1. The minimum absolute atomic E-state index is 0.154. The minimum atomic E-state index is -4.55. The highest BCUT2D eigenvalue weighted by molar-refractivity contribution is 7.87. The molecular formula is C14H14O5S. The molecule has 0 aromatic heterocycles. The Morgan fingerprint density at radius 3 is 2.55 bits per heavy atom. The second kappa shape index (κ2) is 5.24. The predicted molar refractivity (Wildman–Crippen MR) is 75.5 cm³/mol. The number of phenols is 1. The number of hydrogen-bond donors (Lipinski definition) is 3. The molecule has 106 valence electrons. The van der Waals surface area contributed by atoms with Crippen LogP contribution in [0.2, 0.25) is 0 Å². The van der Waals surface area contributed by atoms with Crippen molar-refractivity contribution >= 4 is 16.2 Å². The first-order chi connectivity index (χ1) is 9.30. The van der Waals surface area contributed by atoms with E-state index in [1.165, 1.54) is 12.2 Å². The van der Waals surface area contributed by atoms with Crippen molar-refractivity contribution in [3.8, 4) is 5.75 Å². The summed E-state index contributed by atoms with van der Waals surface area (Å²) in [5.41, 5.74) is 1.48. The van der Waals surface area contributed by atoms with Crippen LogP contribution in [0, 0.1) is 0 Å². The quantitative estimate of drug-likeness (QED) is 0.740. The monoisotopic (exact) mass is 294 g/mol. The van der Waals surface area contributed by atoms with Crippen molar-refractivity contribution in [2.75, 3.05) is 0 Å². The molecule has 3 N–H and O–H groups in total. The van der Waals surface area contributed by atoms with Crippen molar-refractivity contribution in [2.45, 2.75) is 11.4 Å². The van der Waals surface area contributed by atoms with Gasteiger partial charge in [0.2, 0.25) is 4.93 Å². The van der Waals surface area contributed by atoms with Gasteiger partial charge in [0.15, 0.2) is 0 Å². The molecule has 2 rings (SSSR count). The van der Waals surface area contributed by atoms with Crippen LogP contribution >= 0.6 is 0 Å². The van der Waals surface area contributed by atoms with Gasteiger partial charge in [-0.3, -0.25) is 4.55 Å². The molecule has 0 fully saturated rings. The van der Waals surface area contributed by atoms with E-state index in [1.807, 2.05) is 0 Å². The third-order valence-electron chi connectivity index (χ3n) is 2.95. The standard InChI is InChI=1S/C14H14O5S/c15-13-3-1-2-12(10-13)5-4-11-6-8-14(16,9-7-11)20(17,18)19/h1-8,10,15-16H,9H2,(H,17,18,19). The lowest BCUT2D eigenvalue weighted by atomic mass is 10.0. The lowest BCUT2D eigenvalue weighted by Crippen LogP contribution is -2.36. The lowest BCUT2D eigenvalue weighted by Gasteiger charge is -2.22. The van der Waals surface area contributed by atoms with Crippen molar-refractivity contribution in [3.05, 3.63) is 59.7 Å². The van der Waals surface area contributed by atoms with Crippen LogP contribution in [-0.2, 0) is 10.1 Å². The smallest absolute Gasteiger partial charge is 0.299 e. The number of allylic oxidation sites excluding steroid dienone is 3. The number of aromatic hydroxyl groups is 1. The van der Waals surface area contributed by atoms with Crippen molar-refractivity contribution in [2.24, 2.45) is 0 Å². The molecule has 1 aromatic carbocycles. The minimum Gasteiger partial charge on any atom is -0.508 e. The van der Waals surface area contributed by atoms with E-state index in [-0.39, 0.29) is 12.2 Å². The van der Waals surface area contributed by atoms with Gasteiger partial charge >= 0.3 is 0 Å². The summed E-state index contributed by atoms with van der Waals surface area (Å²) in [5.74, 6) is 0.154. The third-order valence-corrected chi connectivity index (χ3v) is 4.15. The van der Waals surface area contributed by atoms with Crippen LogP contribution < -0.4 is 0 Å². The van der Waals surface area contributed by atoms with E-state index >= 15 is 0 Å². The van der Waals surface area contributed by atoms with Crippen LogP contribution in [0.4, 0.5) is 0 Å². The normalized spacial score (nSPS) is 23.0. The molecule has 0 saturated carbocycles. The van der Waals surface area contributed by atoms with Gasteiger partial charge in [0.25, 0.3) is 10.1 Å². The first-order valence-corrected chi connectivity index (χ1v) is 7.30. The summed E-state index contributed by atoms with van der Waals surface area (Å²) >= 11 is 0. The molecule has 1 aromatic rings. The van der Waals surface area contributed by atoms with Gasteiger partial charge in [-0.15, -0.1) is 0 Å². The zero-order chi connectivity index (χ0) is 14.8. The Labute approximate surface area is 116 Å². The maximum absolute atomic E-state index is 11.0. The van der Waals surface area contributed by atoms with E-state index in [4.69, 9.17) is 4.55 Å². The summed E-state index contributed by atoms with van der Waals surface area (Å²) in [4.78, 5) is -2.25. The van der Waals surface area contributed by atoms with E-state index in [2.05, 4.69) is 0 Å². The van der Waals surface area contributed by atoms with Gasteiger partial charge in [-0.05, 0) is 29.3 Å². The van der Waals surface area contributed by atoms with Crippen LogP contribution in [-0.4, -0.2) is 28.1 Å². The van der Waals surface area contributed by atoms with Gasteiger partial charge in [-0.1, -0.05) is 36.4 Å². The van der Waals surface area contributed by atoms with Crippen molar-refractivity contribution < 1.29 is 23.2 Å². The summed E-state index contributed by atoms with van der Waals surface area (Å²) < 4.78 is 30.9. The van der Waals surface area contributed by atoms with Gasteiger partial charge < -0.3 is 10.2 Å². The number of hydrogen-bond acceptors (Lipinski definition) is 4. The fourth-order valence-electron chi connectivity index (χ4n) is 1.76. The largest absolute Gasteiger partial charge is 0.508 e. The average Bonchev–Trinajstić information content (AvgIpc) is 2.37. The summed E-state index contributed by atoms with van der Waals surface area (Å²) in [6.45, 7) is 0. The molecule has 0 saturated heterocycles. The molecule has 0 heterocycles. The number of benzene rings is 1. The van der Waals surface area contributed by atoms with Gasteiger partial charge in [-0.2, -0.15) is 8.42 Å². The van der Waals surface area contributed by atoms with Gasteiger partial charge in [0, 0.05) is 6.42 Å². The fourth-order valence-corrected chi connectivity index (χ4v) is 2.30. The van der Waals surface area contributed by atoms with E-state index in [1.54, 1.807) is 36.4 Å². The number of aliphatic hydroxyl groups is 1. The highest BCUT2D eigenvalue weighted by atomic mass is 32.2. The molecule has 1 aliphatic rings. The van der Waals surface area contributed by atoms with E-state index in [0.29, 0.717) is 5.57 Å². The Kier molecular flexibility index (Phi) is 3.80. The Bertz CT molecular complexity index is 700. The zero-order valence-corrected chi connectivity index (χ0v) is 11.3. The maximum Gasteiger partial charge on any atom is 0.299 e. The summed E-state index contributed by atoms with van der Waals surface area (Å²) in [7, 11) is -4.55. The van der Waals surface area contributed by atoms with Crippen LogP contribution in [0.15, 0.2) is 54.1 Å². The topological polar surface area (TPSA) is 94.8 Å². The second-order valence-corrected chi connectivity index (χ2v) is 6.15. The number of phenolic OH excluding ortho intramolecular Hbond substituents is 1. The Balaban J connectivity index is 2.13. The highest BCUT2D eigenvalue weighted by Crippen LogP contribution is 2.26. The number of rotatable bonds is 3. The van der Waals surface area contributed by atoms with Gasteiger partial charge in [-0.25, -0.2) is 0 Å². The summed E-state index contributed by atoms with van der Waals surface area (Å²) in [5, 5.41) is 19.0. The molecule has 5 nitrogen and oxygen atoms in total. The second-order valence-electron chi connectivity index (χ2n) is 4.49. The Morgan fingerprint density at radius 2 is 2.00 bits per heavy atom. The maximum atomic E-state index is 11.0. The molecule has 6 heteroatoms. The molecule has 20 heavy (non-hydrogen) atoms. The molecular weight excluding hydrogens is 280 g/mol. The molecule has 1 atom stereocenters. The van der Waals surface area contributed by atoms with Crippen LogP contribution in [0.1, 0.15) is 12.0 Å². The van der Waals surface area contributed by atoms with E-state index in [0.717, 1.165) is 11.6 Å². The van der Waals surface area contributed by atoms with Crippen LogP contribution in [0.25, 0.3) is 6.08 Å². The third kappa shape index (κ3) is 3.16. The lowest BCUT2D eigenvalue weighted by molar-refractivity contribution is 0.162. The molecule has 1 aliphatic carbocycles. The molecule has 1 unspecified atom stereocenters. The van der Waals surface area contributed by atoms with Gasteiger partial charge in [0.05, 0.1) is 0 Å². The Morgan fingerprint density at radius 1 is 1.25 bits per heavy atom. The predicted octanol–water partition coefficient (Wildman–Crippen LogP) is 1.87. The van der Waals surface area contributed by atoms with Crippen molar-refractivity contribution in [1.82, 2.24) is 0 Å².